The lowest BCUT2D eigenvalue weighted by Gasteiger charge is -2.15. The number of rotatable bonds is 3. The zero-order valence-electron chi connectivity index (χ0n) is 11.1. The van der Waals surface area contributed by atoms with Crippen LogP contribution in [0.25, 0.3) is 10.8 Å². The minimum atomic E-state index is -0.574. The van der Waals surface area contributed by atoms with Crippen molar-refractivity contribution in [3.8, 4) is 5.75 Å². The summed E-state index contributed by atoms with van der Waals surface area (Å²) in [5, 5.41) is 2.09. The van der Waals surface area contributed by atoms with E-state index >= 15 is 0 Å². The molecule has 0 saturated heterocycles. The summed E-state index contributed by atoms with van der Waals surface area (Å²) in [6.45, 7) is 1.74. The maximum atomic E-state index is 12.1. The van der Waals surface area contributed by atoms with E-state index in [9.17, 15) is 4.79 Å². The van der Waals surface area contributed by atoms with Crippen molar-refractivity contribution in [3.05, 3.63) is 61.2 Å². The van der Waals surface area contributed by atoms with Crippen LogP contribution in [0.1, 0.15) is 11.7 Å². The molecule has 4 heteroatoms. The molecule has 20 heavy (non-hydrogen) atoms. The third kappa shape index (κ3) is 2.28. The Hall–Kier alpha value is -2.62. The smallest absolute Gasteiger partial charge is 0.272 e. The third-order valence-electron chi connectivity index (χ3n) is 3.16. The molecule has 0 amide bonds. The number of carbonyl (C=O) groups is 1. The standard InChI is InChI=1S/C16H14N2O2/c1-12(16(19)18-10-9-17-11-18)20-15-8-4-6-13-5-2-3-7-14(13)15/h2-12H,1H3. The van der Waals surface area contributed by atoms with E-state index in [-0.39, 0.29) is 5.91 Å². The van der Waals surface area contributed by atoms with Gasteiger partial charge in [0.25, 0.3) is 5.91 Å². The predicted octanol–water partition coefficient (Wildman–Crippen LogP) is 3.14. The normalized spacial score (nSPS) is 12.2. The van der Waals surface area contributed by atoms with Crippen LogP contribution in [0.3, 0.4) is 0 Å². The molecule has 0 spiro atoms. The molecule has 1 heterocycles. The molecule has 1 unspecified atom stereocenters. The minimum Gasteiger partial charge on any atom is -0.480 e. The first kappa shape index (κ1) is 12.4. The fraction of sp³-hybridized carbons (Fsp3) is 0.125. The molecule has 0 aliphatic heterocycles. The summed E-state index contributed by atoms with van der Waals surface area (Å²) in [4.78, 5) is 16.0. The van der Waals surface area contributed by atoms with Crippen molar-refractivity contribution in [1.82, 2.24) is 9.55 Å². The fourth-order valence-corrected chi connectivity index (χ4v) is 2.14. The summed E-state index contributed by atoms with van der Waals surface area (Å²) < 4.78 is 7.24. The van der Waals surface area contributed by atoms with Crippen LogP contribution in [0.15, 0.2) is 61.2 Å². The number of nitrogens with zero attached hydrogens (tertiary/aromatic N) is 2. The maximum absolute atomic E-state index is 12.1. The molecule has 3 aromatic rings. The molecular formula is C16H14N2O2. The van der Waals surface area contributed by atoms with Crippen molar-refractivity contribution < 1.29 is 9.53 Å². The number of ether oxygens (including phenoxy) is 1. The van der Waals surface area contributed by atoms with Crippen molar-refractivity contribution in [2.45, 2.75) is 13.0 Å². The van der Waals surface area contributed by atoms with E-state index < -0.39 is 6.10 Å². The van der Waals surface area contributed by atoms with Gasteiger partial charge in [-0.25, -0.2) is 4.98 Å². The van der Waals surface area contributed by atoms with Crippen LogP contribution in [-0.2, 0) is 0 Å². The van der Waals surface area contributed by atoms with Crippen LogP contribution in [0, 0.1) is 0 Å². The highest BCUT2D eigenvalue weighted by Gasteiger charge is 2.17. The van der Waals surface area contributed by atoms with Crippen molar-refractivity contribution in [1.29, 1.82) is 0 Å². The molecule has 3 rings (SSSR count). The SMILES string of the molecule is CC(Oc1cccc2ccccc12)C(=O)n1ccnc1. The zero-order chi connectivity index (χ0) is 13.9. The highest BCUT2D eigenvalue weighted by Crippen LogP contribution is 2.26. The summed E-state index contributed by atoms with van der Waals surface area (Å²) in [6.07, 6.45) is 4.09. The van der Waals surface area contributed by atoms with E-state index in [1.807, 2.05) is 42.5 Å². The van der Waals surface area contributed by atoms with Gasteiger partial charge in [-0.05, 0) is 18.4 Å². The quantitative estimate of drug-likeness (QED) is 0.731. The second-order valence-electron chi connectivity index (χ2n) is 4.55. The van der Waals surface area contributed by atoms with Crippen LogP contribution in [0.4, 0.5) is 0 Å². The fourth-order valence-electron chi connectivity index (χ4n) is 2.14. The molecule has 4 nitrogen and oxygen atoms in total. The van der Waals surface area contributed by atoms with Crippen molar-refractivity contribution in [2.24, 2.45) is 0 Å². The number of benzene rings is 2. The van der Waals surface area contributed by atoms with Crippen LogP contribution >= 0.6 is 0 Å². The van der Waals surface area contributed by atoms with Gasteiger partial charge in [-0.1, -0.05) is 36.4 Å². The van der Waals surface area contributed by atoms with Gasteiger partial charge in [-0.2, -0.15) is 0 Å². The average molecular weight is 266 g/mol. The molecule has 0 saturated carbocycles. The summed E-state index contributed by atoms with van der Waals surface area (Å²) in [6, 6.07) is 13.8. The molecule has 100 valence electrons. The van der Waals surface area contributed by atoms with Gasteiger partial charge in [-0.3, -0.25) is 9.36 Å². The Morgan fingerprint density at radius 1 is 1.20 bits per heavy atom. The molecule has 2 aromatic carbocycles. The van der Waals surface area contributed by atoms with Crippen LogP contribution < -0.4 is 4.74 Å². The first-order valence-corrected chi connectivity index (χ1v) is 6.42. The summed E-state index contributed by atoms with van der Waals surface area (Å²) in [7, 11) is 0. The van der Waals surface area contributed by atoms with E-state index in [2.05, 4.69) is 4.98 Å². The Labute approximate surface area is 116 Å². The van der Waals surface area contributed by atoms with Crippen LogP contribution in [0.5, 0.6) is 5.75 Å². The number of aromatic nitrogens is 2. The second kappa shape index (κ2) is 5.17. The molecule has 0 aliphatic rings. The monoisotopic (exact) mass is 266 g/mol. The third-order valence-corrected chi connectivity index (χ3v) is 3.16. The Bertz CT molecular complexity index is 730. The first-order chi connectivity index (χ1) is 9.75. The number of hydrogen-bond donors (Lipinski definition) is 0. The van der Waals surface area contributed by atoms with Gasteiger partial charge in [0.1, 0.15) is 12.1 Å². The number of carbonyl (C=O) groups excluding carboxylic acids is 1. The second-order valence-corrected chi connectivity index (χ2v) is 4.55. The van der Waals surface area contributed by atoms with Gasteiger partial charge in [-0.15, -0.1) is 0 Å². The van der Waals surface area contributed by atoms with Crippen molar-refractivity contribution in [2.75, 3.05) is 0 Å². The number of imidazole rings is 1. The molecule has 1 aromatic heterocycles. The lowest BCUT2D eigenvalue weighted by Crippen LogP contribution is -2.28. The summed E-state index contributed by atoms with van der Waals surface area (Å²) in [5.41, 5.74) is 0. The van der Waals surface area contributed by atoms with Gasteiger partial charge < -0.3 is 4.74 Å². The molecule has 0 aliphatic carbocycles. The number of fused-ring (bicyclic) bond motifs is 1. The molecule has 0 radical (unpaired) electrons. The molecule has 0 fully saturated rings. The average Bonchev–Trinajstić information content (AvgIpc) is 3.01. The van der Waals surface area contributed by atoms with Gasteiger partial charge in [0, 0.05) is 17.8 Å². The van der Waals surface area contributed by atoms with Crippen molar-refractivity contribution in [3.63, 3.8) is 0 Å². The lowest BCUT2D eigenvalue weighted by atomic mass is 10.1. The van der Waals surface area contributed by atoms with Gasteiger partial charge >= 0.3 is 0 Å². The Morgan fingerprint density at radius 3 is 2.80 bits per heavy atom. The van der Waals surface area contributed by atoms with Gasteiger partial charge in [0.15, 0.2) is 6.10 Å². The zero-order valence-corrected chi connectivity index (χ0v) is 11.1. The molecular weight excluding hydrogens is 252 g/mol. The van der Waals surface area contributed by atoms with E-state index in [0.717, 1.165) is 10.8 Å². The van der Waals surface area contributed by atoms with Crippen LogP contribution in [0.2, 0.25) is 0 Å². The topological polar surface area (TPSA) is 44.1 Å². The van der Waals surface area contributed by atoms with Crippen LogP contribution in [-0.4, -0.2) is 21.6 Å². The van der Waals surface area contributed by atoms with E-state index in [4.69, 9.17) is 4.74 Å². The Kier molecular flexibility index (Phi) is 3.21. The largest absolute Gasteiger partial charge is 0.480 e. The highest BCUT2D eigenvalue weighted by molar-refractivity contribution is 5.89. The molecule has 0 bridgehead atoms. The predicted molar refractivity (Wildman–Crippen MR) is 76.9 cm³/mol. The van der Waals surface area contributed by atoms with E-state index in [0.29, 0.717) is 5.75 Å². The highest BCUT2D eigenvalue weighted by atomic mass is 16.5. The molecule has 1 atom stereocenters. The van der Waals surface area contributed by atoms with E-state index in [1.54, 1.807) is 19.3 Å². The number of hydrogen-bond acceptors (Lipinski definition) is 3. The first-order valence-electron chi connectivity index (χ1n) is 6.42. The lowest BCUT2D eigenvalue weighted by molar-refractivity contribution is 0.0730. The van der Waals surface area contributed by atoms with Crippen molar-refractivity contribution >= 4 is 16.7 Å². The summed E-state index contributed by atoms with van der Waals surface area (Å²) >= 11 is 0. The molecule has 0 N–H and O–H groups in total. The maximum Gasteiger partial charge on any atom is 0.272 e. The van der Waals surface area contributed by atoms with Gasteiger partial charge in [0.2, 0.25) is 0 Å². The summed E-state index contributed by atoms with van der Waals surface area (Å²) in [5.74, 6) is 0.569. The Morgan fingerprint density at radius 2 is 2.00 bits per heavy atom. The van der Waals surface area contributed by atoms with E-state index in [1.165, 1.54) is 10.9 Å². The Balaban J connectivity index is 1.88. The van der Waals surface area contributed by atoms with Gasteiger partial charge in [0.05, 0.1) is 0 Å². The minimum absolute atomic E-state index is 0.143.